The first-order valence-electron chi connectivity index (χ1n) is 5.38. The van der Waals surface area contributed by atoms with E-state index in [2.05, 4.69) is 0 Å². The van der Waals surface area contributed by atoms with Crippen molar-refractivity contribution in [3.63, 3.8) is 0 Å². The van der Waals surface area contributed by atoms with Crippen LogP contribution in [0, 0.1) is 5.92 Å². The predicted octanol–water partition coefficient (Wildman–Crippen LogP) is 1.64. The van der Waals surface area contributed by atoms with E-state index in [0.717, 1.165) is 0 Å². The van der Waals surface area contributed by atoms with Gasteiger partial charge in [0.15, 0.2) is 0 Å². The molecule has 0 radical (unpaired) electrons. The van der Waals surface area contributed by atoms with Crippen LogP contribution in [0.25, 0.3) is 5.57 Å². The molecule has 0 bridgehead atoms. The molecule has 0 amide bonds. The van der Waals surface area contributed by atoms with E-state index in [0.29, 0.717) is 16.9 Å². The van der Waals surface area contributed by atoms with Crippen LogP contribution in [0.15, 0.2) is 29.8 Å². The maximum atomic E-state index is 11.1. The SMILES string of the molecule is COc1ccccc1C1=C(C(=O)O)CC1C(=O)O. The van der Waals surface area contributed by atoms with Crippen LogP contribution in [0.5, 0.6) is 5.75 Å². The summed E-state index contributed by atoms with van der Waals surface area (Å²) in [5, 5.41) is 18.1. The number of methoxy groups -OCH3 is 1. The molecular weight excluding hydrogens is 236 g/mol. The molecular formula is C13H12O5. The van der Waals surface area contributed by atoms with E-state index in [9.17, 15) is 9.59 Å². The number of carboxylic acid groups (broad SMARTS) is 2. The van der Waals surface area contributed by atoms with Crippen LogP contribution in [0.3, 0.4) is 0 Å². The third-order valence-corrected chi connectivity index (χ3v) is 3.04. The van der Waals surface area contributed by atoms with Gasteiger partial charge < -0.3 is 14.9 Å². The molecule has 1 aromatic rings. The van der Waals surface area contributed by atoms with Gasteiger partial charge >= 0.3 is 11.9 Å². The molecule has 1 aliphatic carbocycles. The third-order valence-electron chi connectivity index (χ3n) is 3.04. The number of hydrogen-bond acceptors (Lipinski definition) is 3. The molecule has 1 unspecified atom stereocenters. The molecule has 5 nitrogen and oxygen atoms in total. The highest BCUT2D eigenvalue weighted by atomic mass is 16.5. The minimum Gasteiger partial charge on any atom is -0.496 e. The fraction of sp³-hybridized carbons (Fsp3) is 0.231. The second-order valence-electron chi connectivity index (χ2n) is 3.99. The fourth-order valence-electron chi connectivity index (χ4n) is 2.13. The molecule has 0 aromatic heterocycles. The van der Waals surface area contributed by atoms with Gasteiger partial charge in [-0.25, -0.2) is 4.79 Å². The lowest BCUT2D eigenvalue weighted by molar-refractivity contribution is -0.140. The van der Waals surface area contributed by atoms with Crippen molar-refractivity contribution >= 4 is 17.5 Å². The largest absolute Gasteiger partial charge is 0.496 e. The first kappa shape index (κ1) is 12.2. The lowest BCUT2D eigenvalue weighted by Crippen LogP contribution is -2.29. The molecule has 2 rings (SSSR count). The van der Waals surface area contributed by atoms with Crippen LogP contribution in [0.1, 0.15) is 12.0 Å². The van der Waals surface area contributed by atoms with E-state index in [1.807, 2.05) is 0 Å². The predicted molar refractivity (Wildman–Crippen MR) is 63.3 cm³/mol. The Morgan fingerprint density at radius 3 is 2.50 bits per heavy atom. The van der Waals surface area contributed by atoms with Crippen LogP contribution < -0.4 is 4.74 Å². The van der Waals surface area contributed by atoms with Crippen LogP contribution >= 0.6 is 0 Å². The smallest absolute Gasteiger partial charge is 0.331 e. The number of aliphatic carboxylic acids is 2. The van der Waals surface area contributed by atoms with Crippen LogP contribution in [0.4, 0.5) is 0 Å². The zero-order chi connectivity index (χ0) is 13.3. The Labute approximate surface area is 103 Å². The molecule has 94 valence electrons. The minimum absolute atomic E-state index is 0.0536. The maximum Gasteiger partial charge on any atom is 0.331 e. The zero-order valence-electron chi connectivity index (χ0n) is 9.71. The normalized spacial score (nSPS) is 18.2. The molecule has 1 atom stereocenters. The van der Waals surface area contributed by atoms with Crippen molar-refractivity contribution in [1.29, 1.82) is 0 Å². The maximum absolute atomic E-state index is 11.1. The molecule has 0 fully saturated rings. The lowest BCUT2D eigenvalue weighted by Gasteiger charge is -2.29. The van der Waals surface area contributed by atoms with Crippen molar-refractivity contribution in [2.24, 2.45) is 5.92 Å². The summed E-state index contributed by atoms with van der Waals surface area (Å²) in [5.41, 5.74) is 1.02. The third kappa shape index (κ3) is 1.84. The van der Waals surface area contributed by atoms with Gasteiger partial charge in [-0.1, -0.05) is 18.2 Å². The first-order valence-corrected chi connectivity index (χ1v) is 5.38. The molecule has 1 aliphatic rings. The van der Waals surface area contributed by atoms with Crippen LogP contribution in [0.2, 0.25) is 0 Å². The molecule has 0 saturated heterocycles. The van der Waals surface area contributed by atoms with Crippen molar-refractivity contribution in [3.8, 4) is 5.75 Å². The Balaban J connectivity index is 2.54. The lowest BCUT2D eigenvalue weighted by atomic mass is 9.73. The second kappa shape index (κ2) is 4.52. The molecule has 0 saturated carbocycles. The van der Waals surface area contributed by atoms with Crippen LogP contribution in [-0.4, -0.2) is 29.3 Å². The topological polar surface area (TPSA) is 83.8 Å². The number of rotatable bonds is 4. The van der Waals surface area contributed by atoms with Crippen molar-refractivity contribution in [3.05, 3.63) is 35.4 Å². The summed E-state index contributed by atoms with van der Waals surface area (Å²) >= 11 is 0. The number of para-hydroxylation sites is 1. The molecule has 2 N–H and O–H groups in total. The molecule has 0 aliphatic heterocycles. The summed E-state index contributed by atoms with van der Waals surface area (Å²) in [4.78, 5) is 22.1. The molecule has 0 heterocycles. The van der Waals surface area contributed by atoms with E-state index >= 15 is 0 Å². The highest BCUT2D eigenvalue weighted by Gasteiger charge is 2.40. The van der Waals surface area contributed by atoms with E-state index in [1.165, 1.54) is 7.11 Å². The van der Waals surface area contributed by atoms with E-state index in [1.54, 1.807) is 24.3 Å². The number of benzene rings is 1. The monoisotopic (exact) mass is 248 g/mol. The van der Waals surface area contributed by atoms with Gasteiger partial charge in [0.05, 0.1) is 13.0 Å². The summed E-state index contributed by atoms with van der Waals surface area (Å²) in [7, 11) is 1.47. The van der Waals surface area contributed by atoms with Gasteiger partial charge in [0.2, 0.25) is 0 Å². The summed E-state index contributed by atoms with van der Waals surface area (Å²) in [5.74, 6) is -2.38. The van der Waals surface area contributed by atoms with Gasteiger partial charge in [-0.15, -0.1) is 0 Å². The summed E-state index contributed by atoms with van der Waals surface area (Å²) in [6.45, 7) is 0. The Bertz CT molecular complexity index is 544. The van der Waals surface area contributed by atoms with Gasteiger partial charge in [-0.2, -0.15) is 0 Å². The molecule has 18 heavy (non-hydrogen) atoms. The van der Waals surface area contributed by atoms with Crippen LogP contribution in [-0.2, 0) is 9.59 Å². The summed E-state index contributed by atoms with van der Waals surface area (Å²) in [6, 6.07) is 6.82. The van der Waals surface area contributed by atoms with Gasteiger partial charge in [0, 0.05) is 11.1 Å². The van der Waals surface area contributed by atoms with Crippen molar-refractivity contribution in [2.45, 2.75) is 6.42 Å². The minimum atomic E-state index is -1.08. The number of ether oxygens (including phenoxy) is 1. The van der Waals surface area contributed by atoms with Gasteiger partial charge in [-0.05, 0) is 18.1 Å². The van der Waals surface area contributed by atoms with Crippen molar-refractivity contribution < 1.29 is 24.5 Å². The van der Waals surface area contributed by atoms with E-state index < -0.39 is 17.9 Å². The quantitative estimate of drug-likeness (QED) is 0.846. The Morgan fingerprint density at radius 2 is 1.94 bits per heavy atom. The number of carbonyl (C=O) groups is 2. The second-order valence-corrected chi connectivity index (χ2v) is 3.99. The highest BCUT2D eigenvalue weighted by Crippen LogP contribution is 2.45. The molecule has 1 aromatic carbocycles. The Kier molecular flexibility index (Phi) is 3.06. The summed E-state index contributed by atoms with van der Waals surface area (Å²) < 4.78 is 5.14. The standard InChI is InChI=1S/C13H12O5/c1-18-10-5-3-2-4-7(10)11-8(12(14)15)6-9(11)13(16)17/h2-5,8H,6H2,1H3,(H,14,15)(H,16,17). The average molecular weight is 248 g/mol. The van der Waals surface area contributed by atoms with Gasteiger partial charge in [-0.3, -0.25) is 4.79 Å². The molecule has 5 heteroatoms. The average Bonchev–Trinajstić information content (AvgIpc) is 2.27. The number of hydrogen-bond donors (Lipinski definition) is 2. The van der Waals surface area contributed by atoms with E-state index in [4.69, 9.17) is 14.9 Å². The number of carboxylic acids is 2. The van der Waals surface area contributed by atoms with Crippen molar-refractivity contribution in [1.82, 2.24) is 0 Å². The Hall–Kier alpha value is -2.30. The van der Waals surface area contributed by atoms with E-state index in [-0.39, 0.29) is 12.0 Å². The highest BCUT2D eigenvalue weighted by molar-refractivity contribution is 6.07. The zero-order valence-corrected chi connectivity index (χ0v) is 9.71. The Morgan fingerprint density at radius 1 is 1.28 bits per heavy atom. The van der Waals surface area contributed by atoms with Crippen molar-refractivity contribution in [2.75, 3.05) is 7.11 Å². The summed E-state index contributed by atoms with van der Waals surface area (Å²) in [6.07, 6.45) is 0.0536. The van der Waals surface area contributed by atoms with Gasteiger partial charge in [0.1, 0.15) is 5.75 Å². The fourth-order valence-corrected chi connectivity index (χ4v) is 2.13. The first-order chi connectivity index (χ1) is 8.56. The molecule has 0 spiro atoms. The van der Waals surface area contributed by atoms with Gasteiger partial charge in [0.25, 0.3) is 0 Å².